The third-order valence-electron chi connectivity index (χ3n) is 5.98. The summed E-state index contributed by atoms with van der Waals surface area (Å²) < 4.78 is 1.66. The molecule has 2 amide bonds. The molecule has 36 heavy (non-hydrogen) atoms. The van der Waals surface area contributed by atoms with Crippen LogP contribution < -0.4 is 16.0 Å². The van der Waals surface area contributed by atoms with Gasteiger partial charge in [-0.1, -0.05) is 54.1 Å². The Morgan fingerprint density at radius 2 is 1.61 bits per heavy atom. The van der Waals surface area contributed by atoms with Gasteiger partial charge in [-0.2, -0.15) is 5.10 Å². The molecule has 4 aromatic rings. The molecule has 1 aromatic heterocycles. The molecule has 0 radical (unpaired) electrons. The van der Waals surface area contributed by atoms with E-state index in [0.29, 0.717) is 39.0 Å². The number of aryl methyl sites for hydroxylation is 1. The zero-order chi connectivity index (χ0) is 25.2. The number of anilines is 3. The average molecular weight is 498 g/mol. The summed E-state index contributed by atoms with van der Waals surface area (Å²) in [7, 11) is 0. The number of nitrogens with one attached hydrogen (secondary N) is 3. The number of allylic oxidation sites excluding steroid dienone is 1. The smallest absolute Gasteiger partial charge is 0.261 e. The Balaban J connectivity index is 1.55. The quantitative estimate of drug-likeness (QED) is 0.314. The first-order chi connectivity index (χ1) is 17.4. The van der Waals surface area contributed by atoms with Crippen molar-refractivity contribution in [2.45, 2.75) is 19.9 Å². The first-order valence-electron chi connectivity index (χ1n) is 11.5. The molecule has 0 saturated heterocycles. The molecule has 1 aliphatic rings. The van der Waals surface area contributed by atoms with Gasteiger partial charge in [-0.25, -0.2) is 4.68 Å². The summed E-state index contributed by atoms with van der Waals surface area (Å²) in [5.74, 6) is -0.0776. The van der Waals surface area contributed by atoms with Gasteiger partial charge in [-0.05, 0) is 61.4 Å². The van der Waals surface area contributed by atoms with E-state index in [4.69, 9.17) is 11.6 Å². The number of aromatic nitrogens is 2. The molecule has 1 aliphatic heterocycles. The highest BCUT2D eigenvalue weighted by Crippen LogP contribution is 2.38. The molecule has 7 nitrogen and oxygen atoms in total. The molecule has 2 heterocycles. The van der Waals surface area contributed by atoms with Gasteiger partial charge < -0.3 is 16.0 Å². The summed E-state index contributed by atoms with van der Waals surface area (Å²) in [6, 6.07) is 23.5. The lowest BCUT2D eigenvalue weighted by Gasteiger charge is -2.30. The number of halogens is 1. The summed E-state index contributed by atoms with van der Waals surface area (Å²) in [5, 5.41) is 14.2. The SMILES string of the molecule is CC1=C(C(=O)Nc2ccccc2)C(c2cccc(Cl)c2)n2ncc(C(=O)Nc3cccc(C)c3)c2N1. The van der Waals surface area contributed by atoms with Crippen LogP contribution in [0.15, 0.2) is 96.3 Å². The van der Waals surface area contributed by atoms with E-state index < -0.39 is 6.04 Å². The molecule has 0 saturated carbocycles. The summed E-state index contributed by atoms with van der Waals surface area (Å²) in [6.45, 7) is 3.78. The maximum absolute atomic E-state index is 13.5. The number of para-hydroxylation sites is 1. The lowest BCUT2D eigenvalue weighted by molar-refractivity contribution is -0.113. The maximum atomic E-state index is 13.5. The second-order valence-electron chi connectivity index (χ2n) is 8.62. The lowest BCUT2D eigenvalue weighted by atomic mass is 9.94. The summed E-state index contributed by atoms with van der Waals surface area (Å²) >= 11 is 6.32. The van der Waals surface area contributed by atoms with Crippen molar-refractivity contribution >= 4 is 40.6 Å². The molecule has 8 heteroatoms. The van der Waals surface area contributed by atoms with Crippen LogP contribution in [0.1, 0.15) is 34.5 Å². The number of carbonyl (C=O) groups is 2. The fourth-order valence-corrected chi connectivity index (χ4v) is 4.54. The van der Waals surface area contributed by atoms with E-state index in [1.807, 2.05) is 80.6 Å². The van der Waals surface area contributed by atoms with Crippen molar-refractivity contribution in [2.75, 3.05) is 16.0 Å². The van der Waals surface area contributed by atoms with Gasteiger partial charge in [0.1, 0.15) is 17.4 Å². The molecular weight excluding hydrogens is 474 g/mol. The van der Waals surface area contributed by atoms with Gasteiger partial charge in [0.2, 0.25) is 0 Å². The number of amides is 2. The van der Waals surface area contributed by atoms with Gasteiger partial charge in [0.05, 0.1) is 11.8 Å². The third kappa shape index (κ3) is 4.61. The van der Waals surface area contributed by atoms with Gasteiger partial charge >= 0.3 is 0 Å². The Labute approximate surface area is 213 Å². The van der Waals surface area contributed by atoms with E-state index in [0.717, 1.165) is 11.1 Å². The van der Waals surface area contributed by atoms with Crippen LogP contribution in [0.25, 0.3) is 0 Å². The number of rotatable bonds is 5. The zero-order valence-electron chi connectivity index (χ0n) is 19.7. The van der Waals surface area contributed by atoms with E-state index in [1.165, 1.54) is 6.20 Å². The summed E-state index contributed by atoms with van der Waals surface area (Å²) in [4.78, 5) is 26.7. The Morgan fingerprint density at radius 3 is 2.36 bits per heavy atom. The molecule has 0 bridgehead atoms. The lowest BCUT2D eigenvalue weighted by Crippen LogP contribution is -2.32. The van der Waals surface area contributed by atoms with Crippen LogP contribution in [-0.2, 0) is 4.79 Å². The van der Waals surface area contributed by atoms with E-state index in [-0.39, 0.29) is 11.8 Å². The number of carbonyl (C=O) groups excluding carboxylic acids is 2. The number of hydrogen-bond acceptors (Lipinski definition) is 4. The molecule has 5 rings (SSSR count). The van der Waals surface area contributed by atoms with Crippen molar-refractivity contribution in [3.05, 3.63) is 118 Å². The molecule has 180 valence electrons. The maximum Gasteiger partial charge on any atom is 0.261 e. The highest BCUT2D eigenvalue weighted by atomic mass is 35.5. The molecule has 0 aliphatic carbocycles. The topological polar surface area (TPSA) is 88.0 Å². The summed E-state index contributed by atoms with van der Waals surface area (Å²) in [6.07, 6.45) is 1.51. The predicted octanol–water partition coefficient (Wildman–Crippen LogP) is 6.02. The van der Waals surface area contributed by atoms with Gasteiger partial charge in [0, 0.05) is 22.1 Å². The van der Waals surface area contributed by atoms with Crippen LogP contribution in [0.4, 0.5) is 17.2 Å². The Kier molecular flexibility index (Phi) is 6.31. The highest BCUT2D eigenvalue weighted by Gasteiger charge is 2.35. The summed E-state index contributed by atoms with van der Waals surface area (Å²) in [5.41, 5.74) is 4.64. The van der Waals surface area contributed by atoms with Crippen molar-refractivity contribution < 1.29 is 9.59 Å². The van der Waals surface area contributed by atoms with Crippen molar-refractivity contribution in [1.29, 1.82) is 0 Å². The van der Waals surface area contributed by atoms with Gasteiger partial charge in [-0.3, -0.25) is 9.59 Å². The highest BCUT2D eigenvalue weighted by molar-refractivity contribution is 6.30. The van der Waals surface area contributed by atoms with Crippen molar-refractivity contribution in [3.63, 3.8) is 0 Å². The van der Waals surface area contributed by atoms with Crippen LogP contribution in [0.3, 0.4) is 0 Å². The predicted molar refractivity (Wildman–Crippen MR) is 142 cm³/mol. The van der Waals surface area contributed by atoms with E-state index in [9.17, 15) is 9.59 Å². The first kappa shape index (κ1) is 23.4. The third-order valence-corrected chi connectivity index (χ3v) is 6.22. The number of hydrogen-bond donors (Lipinski definition) is 3. The van der Waals surface area contributed by atoms with Crippen LogP contribution >= 0.6 is 11.6 Å². The fourth-order valence-electron chi connectivity index (χ4n) is 4.34. The minimum atomic E-state index is -0.593. The van der Waals surface area contributed by atoms with Crippen molar-refractivity contribution in [3.8, 4) is 0 Å². The standard InChI is InChI=1S/C28H24ClN5O2/c1-17-8-6-13-22(14-17)33-27(35)23-16-30-34-25(19-9-7-10-20(29)15-19)24(18(2)31-26(23)34)28(36)32-21-11-4-3-5-12-21/h3-16,25,31H,1-2H3,(H,32,36)(H,33,35). The fraction of sp³-hybridized carbons (Fsp3) is 0.107. The van der Waals surface area contributed by atoms with Crippen molar-refractivity contribution in [2.24, 2.45) is 0 Å². The van der Waals surface area contributed by atoms with Crippen LogP contribution in [0.2, 0.25) is 5.02 Å². The Bertz CT molecular complexity index is 1490. The minimum absolute atomic E-state index is 0.275. The minimum Gasteiger partial charge on any atom is -0.343 e. The van der Waals surface area contributed by atoms with Gasteiger partial charge in [-0.15, -0.1) is 0 Å². The van der Waals surface area contributed by atoms with Gasteiger partial charge in [0.15, 0.2) is 0 Å². The number of benzene rings is 3. The number of fused-ring (bicyclic) bond motifs is 1. The molecule has 1 unspecified atom stereocenters. The second kappa shape index (κ2) is 9.71. The largest absolute Gasteiger partial charge is 0.343 e. The molecule has 1 atom stereocenters. The van der Waals surface area contributed by atoms with E-state index in [1.54, 1.807) is 16.8 Å². The molecule has 0 fully saturated rings. The van der Waals surface area contributed by atoms with Crippen LogP contribution in [0.5, 0.6) is 0 Å². The molecule has 0 spiro atoms. The average Bonchev–Trinajstić information content (AvgIpc) is 3.27. The monoisotopic (exact) mass is 497 g/mol. The second-order valence-corrected chi connectivity index (χ2v) is 9.05. The van der Waals surface area contributed by atoms with Crippen molar-refractivity contribution in [1.82, 2.24) is 9.78 Å². The van der Waals surface area contributed by atoms with Crippen LogP contribution in [-0.4, -0.2) is 21.6 Å². The van der Waals surface area contributed by atoms with Gasteiger partial charge in [0.25, 0.3) is 11.8 Å². The zero-order valence-corrected chi connectivity index (χ0v) is 20.5. The van der Waals surface area contributed by atoms with E-state index in [2.05, 4.69) is 21.0 Å². The normalized spacial score (nSPS) is 14.6. The molecular formula is C28H24ClN5O2. The Hall–Kier alpha value is -4.36. The Morgan fingerprint density at radius 1 is 0.889 bits per heavy atom. The molecule has 3 aromatic carbocycles. The first-order valence-corrected chi connectivity index (χ1v) is 11.8. The van der Waals surface area contributed by atoms with Crippen LogP contribution in [0, 0.1) is 6.92 Å². The van der Waals surface area contributed by atoms with E-state index >= 15 is 0 Å². The molecule has 3 N–H and O–H groups in total. The number of nitrogens with zero attached hydrogens (tertiary/aromatic N) is 2.